The van der Waals surface area contributed by atoms with Gasteiger partial charge in [-0.2, -0.15) is 0 Å². The van der Waals surface area contributed by atoms with E-state index in [0.717, 1.165) is 60.0 Å². The van der Waals surface area contributed by atoms with Crippen LogP contribution in [0.25, 0.3) is 0 Å². The van der Waals surface area contributed by atoms with E-state index in [2.05, 4.69) is 58.9 Å². The van der Waals surface area contributed by atoms with Gasteiger partial charge in [0.2, 0.25) is 0 Å². The highest BCUT2D eigenvalue weighted by molar-refractivity contribution is 5.85. The molecule has 0 heterocycles. The molecule has 1 N–H and O–H groups in total. The highest BCUT2D eigenvalue weighted by Crippen LogP contribution is 2.68. The minimum Gasteiger partial charge on any atom is -0.411 e. The molecule has 0 aromatic rings. The second-order valence-electron chi connectivity index (χ2n) is 12.8. The monoisotopic (exact) mass is 427 g/mol. The van der Waals surface area contributed by atoms with Gasteiger partial charge in [-0.3, -0.25) is 0 Å². The minimum atomic E-state index is 0.480. The van der Waals surface area contributed by atoms with Crippen molar-refractivity contribution in [1.29, 1.82) is 0 Å². The average molecular weight is 428 g/mol. The molecule has 4 aliphatic carbocycles. The first-order valence-electron chi connectivity index (χ1n) is 13.6. The van der Waals surface area contributed by atoms with E-state index in [4.69, 9.17) is 0 Å². The van der Waals surface area contributed by atoms with E-state index in [0.29, 0.717) is 16.7 Å². The van der Waals surface area contributed by atoms with Gasteiger partial charge in [-0.25, -0.2) is 0 Å². The summed E-state index contributed by atoms with van der Waals surface area (Å²) in [7, 11) is 0. The summed E-state index contributed by atoms with van der Waals surface area (Å²) in [5.74, 6) is 6.58. The lowest BCUT2D eigenvalue weighted by atomic mass is 9.44. The van der Waals surface area contributed by atoms with Crippen LogP contribution in [0.15, 0.2) is 17.3 Å². The van der Waals surface area contributed by atoms with E-state index in [1.807, 2.05) is 0 Å². The average Bonchev–Trinajstić information content (AvgIpc) is 3.10. The smallest absolute Gasteiger partial charge is 0.0574 e. The lowest BCUT2D eigenvalue weighted by Gasteiger charge is -2.60. The van der Waals surface area contributed by atoms with Gasteiger partial charge in [-0.05, 0) is 122 Å². The van der Waals surface area contributed by atoms with Crippen molar-refractivity contribution in [3.05, 3.63) is 12.2 Å². The van der Waals surface area contributed by atoms with Crippen molar-refractivity contribution in [2.45, 2.75) is 106 Å². The Morgan fingerprint density at radius 2 is 1.71 bits per heavy atom. The molecule has 0 amide bonds. The lowest BCUT2D eigenvalue weighted by molar-refractivity contribution is -0.103. The van der Waals surface area contributed by atoms with Gasteiger partial charge in [-0.15, -0.1) is 0 Å². The molecule has 0 aromatic heterocycles. The Kier molecular flexibility index (Phi) is 6.68. The molecule has 0 saturated heterocycles. The van der Waals surface area contributed by atoms with Gasteiger partial charge in [-0.1, -0.05) is 58.9 Å². The van der Waals surface area contributed by atoms with Crippen LogP contribution in [0.1, 0.15) is 106 Å². The van der Waals surface area contributed by atoms with Crippen LogP contribution in [0.5, 0.6) is 0 Å². The standard InChI is InChI=1S/C29H49NO/c1-7-21(19(2)3)9-8-20(4)25-12-13-26-24-11-10-22-18-23(30-31)14-16-28(22,5)27(24)15-17-29(25,26)6/h8-9,19-22,24-27,31H,7,10-18H2,1-6H3/t20-,21-,22+,24+,25-,26+,27+,28+,29-/m1/s1. The van der Waals surface area contributed by atoms with Crippen molar-refractivity contribution in [3.63, 3.8) is 0 Å². The molecule has 176 valence electrons. The first-order valence-corrected chi connectivity index (χ1v) is 13.6. The Bertz CT molecular complexity index is 695. The molecule has 0 unspecified atom stereocenters. The van der Waals surface area contributed by atoms with Crippen LogP contribution in [-0.2, 0) is 0 Å². The third-order valence-electron chi connectivity index (χ3n) is 11.3. The Morgan fingerprint density at radius 1 is 0.968 bits per heavy atom. The van der Waals surface area contributed by atoms with Gasteiger partial charge in [0, 0.05) is 0 Å². The maximum absolute atomic E-state index is 9.34. The zero-order valence-electron chi connectivity index (χ0n) is 21.2. The first kappa shape index (κ1) is 23.4. The molecule has 0 aliphatic heterocycles. The number of rotatable bonds is 5. The molecule has 0 aromatic carbocycles. The third-order valence-corrected chi connectivity index (χ3v) is 11.3. The number of fused-ring (bicyclic) bond motifs is 5. The summed E-state index contributed by atoms with van der Waals surface area (Å²) >= 11 is 0. The molecule has 0 radical (unpaired) electrons. The summed E-state index contributed by atoms with van der Waals surface area (Å²) in [5, 5.41) is 13.0. The van der Waals surface area contributed by atoms with Crippen molar-refractivity contribution < 1.29 is 5.21 Å². The second-order valence-corrected chi connectivity index (χ2v) is 12.8. The van der Waals surface area contributed by atoms with Crippen molar-refractivity contribution in [2.24, 2.45) is 63.3 Å². The summed E-state index contributed by atoms with van der Waals surface area (Å²) < 4.78 is 0. The Hall–Kier alpha value is -0.790. The van der Waals surface area contributed by atoms with Crippen LogP contribution in [0, 0.1) is 58.2 Å². The largest absolute Gasteiger partial charge is 0.411 e. The van der Waals surface area contributed by atoms with Crippen molar-refractivity contribution in [1.82, 2.24) is 0 Å². The Balaban J connectivity index is 1.49. The van der Waals surface area contributed by atoms with Crippen LogP contribution in [0.2, 0.25) is 0 Å². The van der Waals surface area contributed by atoms with Crippen molar-refractivity contribution in [3.8, 4) is 0 Å². The number of hydrogen-bond acceptors (Lipinski definition) is 2. The molecule has 4 rings (SSSR count). The van der Waals surface area contributed by atoms with Crippen LogP contribution in [0.3, 0.4) is 0 Å². The summed E-state index contributed by atoms with van der Waals surface area (Å²) in [5.41, 5.74) is 2.09. The Morgan fingerprint density at radius 3 is 2.39 bits per heavy atom. The predicted molar refractivity (Wildman–Crippen MR) is 131 cm³/mol. The van der Waals surface area contributed by atoms with E-state index >= 15 is 0 Å². The summed E-state index contributed by atoms with van der Waals surface area (Å²) in [6.07, 6.45) is 18.3. The van der Waals surface area contributed by atoms with Gasteiger partial charge >= 0.3 is 0 Å². The fourth-order valence-electron chi connectivity index (χ4n) is 9.34. The maximum Gasteiger partial charge on any atom is 0.0574 e. The number of oxime groups is 1. The SMILES string of the molecule is CC[C@H](C=C[C@@H](C)[C@H]1CC[C@H]2[C@@H]3CC[C@H]4CC(=NO)CC[C@]4(C)[C@H]3CC[C@]12C)C(C)C. The number of nitrogens with zero attached hydrogens (tertiary/aromatic N) is 1. The molecular weight excluding hydrogens is 378 g/mol. The Labute approximate surface area is 192 Å². The van der Waals surface area contributed by atoms with E-state index in [-0.39, 0.29) is 0 Å². The van der Waals surface area contributed by atoms with Crippen LogP contribution in [-0.4, -0.2) is 10.9 Å². The van der Waals surface area contributed by atoms with E-state index in [1.165, 1.54) is 51.4 Å². The van der Waals surface area contributed by atoms with Gasteiger partial charge in [0.15, 0.2) is 0 Å². The quantitative estimate of drug-likeness (QED) is 0.267. The highest BCUT2D eigenvalue weighted by atomic mass is 16.4. The first-order chi connectivity index (χ1) is 14.7. The zero-order valence-corrected chi connectivity index (χ0v) is 21.2. The molecule has 0 spiro atoms. The van der Waals surface area contributed by atoms with Crippen molar-refractivity contribution >= 4 is 5.71 Å². The zero-order chi connectivity index (χ0) is 22.4. The molecule has 2 heteroatoms. The molecule has 0 bridgehead atoms. The highest BCUT2D eigenvalue weighted by Gasteiger charge is 2.60. The number of allylic oxidation sites excluding steroid dienone is 2. The van der Waals surface area contributed by atoms with E-state index in [9.17, 15) is 5.21 Å². The minimum absolute atomic E-state index is 0.480. The summed E-state index contributed by atoms with van der Waals surface area (Å²) in [6.45, 7) is 14.9. The molecule has 4 saturated carbocycles. The van der Waals surface area contributed by atoms with E-state index in [1.54, 1.807) is 0 Å². The molecule has 4 aliphatic rings. The normalized spacial score (nSPS) is 46.0. The molecule has 31 heavy (non-hydrogen) atoms. The summed E-state index contributed by atoms with van der Waals surface area (Å²) in [4.78, 5) is 0. The number of hydrogen-bond donors (Lipinski definition) is 1. The lowest BCUT2D eigenvalue weighted by Crippen LogP contribution is -2.53. The van der Waals surface area contributed by atoms with Crippen molar-refractivity contribution in [2.75, 3.05) is 0 Å². The third kappa shape index (κ3) is 3.93. The predicted octanol–water partition coefficient (Wildman–Crippen LogP) is 8.35. The topological polar surface area (TPSA) is 32.6 Å². The molecule has 4 fully saturated rings. The van der Waals surface area contributed by atoms with Crippen LogP contribution in [0.4, 0.5) is 0 Å². The van der Waals surface area contributed by atoms with Gasteiger partial charge in [0.1, 0.15) is 0 Å². The van der Waals surface area contributed by atoms with Crippen LogP contribution >= 0.6 is 0 Å². The molecular formula is C29H49NO. The molecule has 2 nitrogen and oxygen atoms in total. The van der Waals surface area contributed by atoms with Gasteiger partial charge < -0.3 is 5.21 Å². The fraction of sp³-hybridized carbons (Fsp3) is 0.897. The molecule has 9 atom stereocenters. The summed E-state index contributed by atoms with van der Waals surface area (Å²) in [6, 6.07) is 0. The fourth-order valence-corrected chi connectivity index (χ4v) is 9.34. The van der Waals surface area contributed by atoms with Gasteiger partial charge in [0.25, 0.3) is 0 Å². The second kappa shape index (κ2) is 8.86. The van der Waals surface area contributed by atoms with Crippen LogP contribution < -0.4 is 0 Å². The van der Waals surface area contributed by atoms with Gasteiger partial charge in [0.05, 0.1) is 5.71 Å². The maximum atomic E-state index is 9.34. The van der Waals surface area contributed by atoms with E-state index < -0.39 is 0 Å².